The maximum absolute atomic E-state index is 4.67. The predicted molar refractivity (Wildman–Crippen MR) is 45.9 cm³/mol. The van der Waals surface area contributed by atoms with Gasteiger partial charge in [-0.3, -0.25) is 0 Å². The molecule has 0 amide bonds. The summed E-state index contributed by atoms with van der Waals surface area (Å²) in [7, 11) is 0. The van der Waals surface area contributed by atoms with Crippen LogP contribution >= 0.6 is 24.8 Å². The molecule has 8 heavy (non-hydrogen) atoms. The second kappa shape index (κ2) is 5.57. The van der Waals surface area contributed by atoms with Crippen LogP contribution in [0.2, 0.25) is 0 Å². The van der Waals surface area contributed by atoms with Crippen molar-refractivity contribution in [3.8, 4) is 0 Å². The van der Waals surface area contributed by atoms with E-state index in [1.54, 1.807) is 5.37 Å². The van der Waals surface area contributed by atoms with Crippen LogP contribution in [0.15, 0.2) is 0 Å². The van der Waals surface area contributed by atoms with E-state index in [9.17, 15) is 0 Å². The summed E-state index contributed by atoms with van der Waals surface area (Å²) < 4.78 is 0. The van der Waals surface area contributed by atoms with Crippen molar-refractivity contribution < 1.29 is 0 Å². The molecule has 0 saturated heterocycles. The first-order valence-electron chi connectivity index (χ1n) is 2.85. The maximum Gasteiger partial charge on any atom is -0.00720 e. The average molecular weight is 148 g/mol. The SMILES string of the molecule is C[C@@H](CS)CCC=S. The number of thiol groups is 1. The standard InChI is InChI=1S/C6H12S2/c1-6(5-8)3-2-4-7/h4,6,8H,2-3,5H2,1H3/t6-/m1/s1. The molecule has 0 heterocycles. The summed E-state index contributed by atoms with van der Waals surface area (Å²) in [6, 6.07) is 0. The molecule has 0 radical (unpaired) electrons. The highest BCUT2D eigenvalue weighted by Gasteiger charge is 1.94. The third kappa shape index (κ3) is 4.60. The van der Waals surface area contributed by atoms with Crippen molar-refractivity contribution in [2.45, 2.75) is 19.8 Å². The van der Waals surface area contributed by atoms with Crippen LogP contribution in [0.1, 0.15) is 19.8 Å². The fourth-order valence-electron chi connectivity index (χ4n) is 0.444. The molecule has 48 valence electrons. The molecule has 0 spiro atoms. The van der Waals surface area contributed by atoms with Crippen LogP contribution in [0.5, 0.6) is 0 Å². The van der Waals surface area contributed by atoms with Gasteiger partial charge in [0.1, 0.15) is 0 Å². The minimum absolute atomic E-state index is 0.720. The van der Waals surface area contributed by atoms with Gasteiger partial charge in [-0.15, -0.1) is 0 Å². The van der Waals surface area contributed by atoms with Crippen molar-refractivity contribution in [2.24, 2.45) is 5.92 Å². The molecule has 0 aliphatic heterocycles. The third-order valence-electron chi connectivity index (χ3n) is 1.09. The minimum Gasteiger partial charge on any atom is -0.179 e. The molecule has 0 N–H and O–H groups in total. The van der Waals surface area contributed by atoms with Gasteiger partial charge >= 0.3 is 0 Å². The first kappa shape index (κ1) is 8.44. The highest BCUT2D eigenvalue weighted by atomic mass is 32.1. The molecule has 0 aromatic carbocycles. The molecule has 0 unspecified atom stereocenters. The second-order valence-corrected chi connectivity index (χ2v) is 2.73. The first-order valence-corrected chi connectivity index (χ1v) is 3.96. The van der Waals surface area contributed by atoms with Gasteiger partial charge in [0.25, 0.3) is 0 Å². The van der Waals surface area contributed by atoms with Crippen molar-refractivity contribution in [3.05, 3.63) is 0 Å². The van der Waals surface area contributed by atoms with Crippen molar-refractivity contribution in [1.29, 1.82) is 0 Å². The Bertz CT molecular complexity index is 61.5. The zero-order valence-corrected chi connectivity index (χ0v) is 6.84. The van der Waals surface area contributed by atoms with Crippen LogP contribution in [-0.2, 0) is 0 Å². The van der Waals surface area contributed by atoms with E-state index in [1.165, 1.54) is 6.42 Å². The van der Waals surface area contributed by atoms with Gasteiger partial charge in [0.15, 0.2) is 0 Å². The van der Waals surface area contributed by atoms with Crippen LogP contribution in [0.4, 0.5) is 0 Å². The van der Waals surface area contributed by atoms with Crippen LogP contribution in [-0.4, -0.2) is 11.1 Å². The number of hydrogen-bond donors (Lipinski definition) is 1. The highest BCUT2D eigenvalue weighted by Crippen LogP contribution is 2.04. The Balaban J connectivity index is 2.97. The van der Waals surface area contributed by atoms with Crippen LogP contribution in [0, 0.1) is 5.92 Å². The van der Waals surface area contributed by atoms with Gasteiger partial charge in [0.05, 0.1) is 0 Å². The Hall–Kier alpha value is 0.440. The third-order valence-corrected chi connectivity index (χ3v) is 1.95. The van der Waals surface area contributed by atoms with Crippen molar-refractivity contribution in [3.63, 3.8) is 0 Å². The number of rotatable bonds is 4. The summed E-state index contributed by atoms with van der Waals surface area (Å²) in [6.07, 6.45) is 2.24. The van der Waals surface area contributed by atoms with E-state index in [4.69, 9.17) is 0 Å². The lowest BCUT2D eigenvalue weighted by Crippen LogP contribution is -1.94. The van der Waals surface area contributed by atoms with Crippen molar-refractivity contribution >= 4 is 30.2 Å². The topological polar surface area (TPSA) is 0 Å². The molecule has 0 aromatic rings. The molecule has 0 bridgehead atoms. The van der Waals surface area contributed by atoms with Gasteiger partial charge in [-0.25, -0.2) is 0 Å². The molecule has 2 heteroatoms. The van der Waals surface area contributed by atoms with Crippen LogP contribution in [0.25, 0.3) is 0 Å². The summed E-state index contributed by atoms with van der Waals surface area (Å²) in [5.74, 6) is 1.70. The molecule has 0 nitrogen and oxygen atoms in total. The monoisotopic (exact) mass is 148 g/mol. The molecule has 0 saturated carbocycles. The lowest BCUT2D eigenvalue weighted by molar-refractivity contribution is 0.619. The van der Waals surface area contributed by atoms with Crippen molar-refractivity contribution in [2.75, 3.05) is 5.75 Å². The summed E-state index contributed by atoms with van der Waals surface area (Å²) in [5.41, 5.74) is 0. The smallest absolute Gasteiger partial charge is 0.00720 e. The zero-order chi connectivity index (χ0) is 6.41. The molecule has 0 aromatic heterocycles. The Morgan fingerprint density at radius 1 is 1.75 bits per heavy atom. The van der Waals surface area contributed by atoms with Gasteiger partial charge in [0.2, 0.25) is 0 Å². The maximum atomic E-state index is 4.67. The molecule has 0 fully saturated rings. The normalized spacial score (nSPS) is 13.2. The fourth-order valence-corrected chi connectivity index (χ4v) is 0.763. The largest absolute Gasteiger partial charge is 0.179 e. The van der Waals surface area contributed by atoms with E-state index in [-0.39, 0.29) is 0 Å². The average Bonchev–Trinajstić information content (AvgIpc) is 1.83. The zero-order valence-electron chi connectivity index (χ0n) is 5.13. The highest BCUT2D eigenvalue weighted by molar-refractivity contribution is 7.80. The lowest BCUT2D eigenvalue weighted by atomic mass is 10.1. The van der Waals surface area contributed by atoms with E-state index in [0.29, 0.717) is 0 Å². The first-order chi connectivity index (χ1) is 3.81. The quantitative estimate of drug-likeness (QED) is 0.471. The lowest BCUT2D eigenvalue weighted by Gasteiger charge is -2.02. The second-order valence-electron chi connectivity index (χ2n) is 2.03. The summed E-state index contributed by atoms with van der Waals surface area (Å²) >= 11 is 8.81. The van der Waals surface area contributed by atoms with E-state index >= 15 is 0 Å². The van der Waals surface area contributed by atoms with Gasteiger partial charge in [-0.1, -0.05) is 19.1 Å². The Morgan fingerprint density at radius 3 is 2.75 bits per heavy atom. The summed E-state index contributed by atoms with van der Waals surface area (Å²) in [6.45, 7) is 2.19. The van der Waals surface area contributed by atoms with E-state index in [1.807, 2.05) is 0 Å². The number of thiocarbonyl (C=S) groups is 1. The molecule has 1 atom stereocenters. The van der Waals surface area contributed by atoms with Gasteiger partial charge in [-0.2, -0.15) is 12.6 Å². The Morgan fingerprint density at radius 2 is 2.38 bits per heavy atom. The minimum atomic E-state index is 0.720. The van der Waals surface area contributed by atoms with E-state index in [0.717, 1.165) is 18.1 Å². The van der Waals surface area contributed by atoms with Gasteiger partial charge < -0.3 is 0 Å². The summed E-state index contributed by atoms with van der Waals surface area (Å²) in [4.78, 5) is 0. The molecular formula is C6H12S2. The van der Waals surface area contributed by atoms with Gasteiger partial charge in [0, 0.05) is 0 Å². The fraction of sp³-hybridized carbons (Fsp3) is 0.833. The predicted octanol–water partition coefficient (Wildman–Crippen LogP) is 2.33. The molecule has 0 rings (SSSR count). The van der Waals surface area contributed by atoms with Gasteiger partial charge in [-0.05, 0) is 29.9 Å². The molecule has 0 aliphatic carbocycles. The molecular weight excluding hydrogens is 136 g/mol. The summed E-state index contributed by atoms with van der Waals surface area (Å²) in [5, 5.41) is 1.79. The van der Waals surface area contributed by atoms with E-state index in [2.05, 4.69) is 31.8 Å². The van der Waals surface area contributed by atoms with Crippen LogP contribution < -0.4 is 0 Å². The molecule has 0 aliphatic rings. The van der Waals surface area contributed by atoms with Crippen molar-refractivity contribution in [1.82, 2.24) is 0 Å². The Kier molecular flexibility index (Phi) is 5.88. The number of hydrogen-bond acceptors (Lipinski definition) is 2. The van der Waals surface area contributed by atoms with E-state index < -0.39 is 0 Å². The van der Waals surface area contributed by atoms with Crippen LogP contribution in [0.3, 0.4) is 0 Å². The Labute approximate surface area is 62.1 Å².